The molecule has 1 aliphatic rings. The van der Waals surface area contributed by atoms with Gasteiger partial charge in [-0.2, -0.15) is 5.10 Å². The van der Waals surface area contributed by atoms with Crippen molar-refractivity contribution >= 4 is 5.78 Å². The number of hydrogen-bond donors (Lipinski definition) is 1. The van der Waals surface area contributed by atoms with E-state index in [-0.39, 0.29) is 5.78 Å². The second-order valence-corrected chi connectivity index (χ2v) is 4.93. The number of hydrogen-bond acceptors (Lipinski definition) is 3. The van der Waals surface area contributed by atoms with Crippen LogP contribution in [0, 0.1) is 6.92 Å². The van der Waals surface area contributed by atoms with Gasteiger partial charge in [-0.05, 0) is 45.6 Å². The molecule has 4 nitrogen and oxygen atoms in total. The molecule has 0 aromatic carbocycles. The number of ketones is 1. The molecule has 1 N–H and O–H groups in total. The molecule has 0 radical (unpaired) electrons. The minimum atomic E-state index is -1.07. The summed E-state index contributed by atoms with van der Waals surface area (Å²) in [5.74, 6) is -0.0513. The maximum absolute atomic E-state index is 12.1. The smallest absolute Gasteiger partial charge is 0.170 e. The van der Waals surface area contributed by atoms with Gasteiger partial charge in [0.15, 0.2) is 5.78 Å². The van der Waals surface area contributed by atoms with E-state index in [1.54, 1.807) is 0 Å². The van der Waals surface area contributed by atoms with Crippen molar-refractivity contribution in [1.82, 2.24) is 9.78 Å². The van der Waals surface area contributed by atoms with Crippen LogP contribution in [0.15, 0.2) is 6.07 Å². The lowest BCUT2D eigenvalue weighted by Gasteiger charge is -2.20. The normalized spacial score (nSPS) is 18.5. The lowest BCUT2D eigenvalue weighted by molar-refractivity contribution is -0.136. The fourth-order valence-corrected chi connectivity index (χ4v) is 2.58. The molecule has 1 aromatic rings. The fourth-order valence-electron chi connectivity index (χ4n) is 2.58. The number of aliphatic hydroxyl groups is 1. The van der Waals surface area contributed by atoms with Crippen molar-refractivity contribution in [2.45, 2.75) is 58.1 Å². The van der Waals surface area contributed by atoms with Gasteiger partial charge in [0.25, 0.3) is 0 Å². The Morgan fingerprint density at radius 2 is 2.18 bits per heavy atom. The van der Waals surface area contributed by atoms with Crippen LogP contribution in [0.5, 0.6) is 0 Å². The van der Waals surface area contributed by atoms with Crippen molar-refractivity contribution in [1.29, 1.82) is 0 Å². The van der Waals surface area contributed by atoms with Crippen LogP contribution >= 0.6 is 0 Å². The first-order chi connectivity index (χ1) is 8.05. The first-order valence-electron chi connectivity index (χ1n) is 6.34. The minimum Gasteiger partial charge on any atom is -0.382 e. The lowest BCUT2D eigenvalue weighted by Crippen LogP contribution is -2.36. The Hall–Kier alpha value is -1.16. The highest BCUT2D eigenvalue weighted by Crippen LogP contribution is 2.31. The van der Waals surface area contributed by atoms with Crippen molar-refractivity contribution in [3.05, 3.63) is 17.5 Å². The molecule has 1 fully saturated rings. The topological polar surface area (TPSA) is 55.1 Å². The summed E-state index contributed by atoms with van der Waals surface area (Å²) in [5, 5.41) is 14.5. The second kappa shape index (κ2) is 4.61. The van der Waals surface area contributed by atoms with Crippen LogP contribution in [0.4, 0.5) is 0 Å². The molecule has 1 aliphatic carbocycles. The first-order valence-corrected chi connectivity index (χ1v) is 6.34. The quantitative estimate of drug-likeness (QED) is 0.864. The fraction of sp³-hybridized carbons (Fsp3) is 0.692. The van der Waals surface area contributed by atoms with Crippen LogP contribution in [0.25, 0.3) is 0 Å². The molecule has 0 aliphatic heterocycles. The number of nitrogens with zero attached hydrogens (tertiary/aromatic N) is 2. The van der Waals surface area contributed by atoms with E-state index in [2.05, 4.69) is 5.10 Å². The maximum atomic E-state index is 12.1. The van der Waals surface area contributed by atoms with E-state index in [1.807, 2.05) is 24.6 Å². The van der Waals surface area contributed by atoms with Gasteiger partial charge in [0, 0.05) is 12.2 Å². The molecule has 1 saturated carbocycles. The molecule has 17 heavy (non-hydrogen) atoms. The van der Waals surface area contributed by atoms with Gasteiger partial charge in [-0.3, -0.25) is 9.48 Å². The SMILES string of the molecule is CCn1nc(C)cc1CC(=O)C1(O)CCCC1. The highest BCUT2D eigenvalue weighted by atomic mass is 16.3. The third-order valence-corrected chi connectivity index (χ3v) is 3.58. The molecule has 0 saturated heterocycles. The standard InChI is InChI=1S/C13H20N2O2/c1-3-15-11(8-10(2)14-15)9-12(16)13(17)6-4-5-7-13/h8,17H,3-7,9H2,1-2H3. The van der Waals surface area contributed by atoms with Crippen molar-refractivity contribution < 1.29 is 9.90 Å². The van der Waals surface area contributed by atoms with Crippen LogP contribution in [0.2, 0.25) is 0 Å². The third-order valence-electron chi connectivity index (χ3n) is 3.58. The molecule has 1 aromatic heterocycles. The van der Waals surface area contributed by atoms with Gasteiger partial charge in [-0.1, -0.05) is 0 Å². The van der Waals surface area contributed by atoms with E-state index in [0.29, 0.717) is 19.3 Å². The highest BCUT2D eigenvalue weighted by molar-refractivity contribution is 5.88. The first kappa shape index (κ1) is 12.3. The predicted molar refractivity (Wildman–Crippen MR) is 64.8 cm³/mol. The van der Waals surface area contributed by atoms with Gasteiger partial charge in [-0.25, -0.2) is 0 Å². The van der Waals surface area contributed by atoms with Gasteiger partial charge in [0.2, 0.25) is 0 Å². The van der Waals surface area contributed by atoms with Crippen LogP contribution in [-0.4, -0.2) is 26.3 Å². The second-order valence-electron chi connectivity index (χ2n) is 4.93. The van der Waals surface area contributed by atoms with Gasteiger partial charge in [-0.15, -0.1) is 0 Å². The zero-order valence-corrected chi connectivity index (χ0v) is 10.6. The Labute approximate surface area is 102 Å². The molecule has 94 valence electrons. The third kappa shape index (κ3) is 2.41. The zero-order valence-electron chi connectivity index (χ0n) is 10.6. The minimum absolute atomic E-state index is 0.0513. The van der Waals surface area contributed by atoms with E-state index in [0.717, 1.165) is 30.8 Å². The van der Waals surface area contributed by atoms with E-state index in [4.69, 9.17) is 0 Å². The average Bonchev–Trinajstić information content (AvgIpc) is 2.86. The molecule has 0 amide bonds. The predicted octanol–water partition coefficient (Wildman–Crippen LogP) is 1.63. The summed E-state index contributed by atoms with van der Waals surface area (Å²) in [6.45, 7) is 4.68. The van der Waals surface area contributed by atoms with E-state index < -0.39 is 5.60 Å². The summed E-state index contributed by atoms with van der Waals surface area (Å²) in [6, 6.07) is 1.93. The van der Waals surface area contributed by atoms with Crippen LogP contribution in [0.1, 0.15) is 44.0 Å². The molecule has 0 bridgehead atoms. The molecule has 4 heteroatoms. The van der Waals surface area contributed by atoms with Crippen molar-refractivity contribution in [3.8, 4) is 0 Å². The molecular formula is C13H20N2O2. The monoisotopic (exact) mass is 236 g/mol. The summed E-state index contributed by atoms with van der Waals surface area (Å²) in [6.07, 6.45) is 3.43. The number of Topliss-reactive ketones (excluding diaryl/α,β-unsaturated/α-hetero) is 1. The highest BCUT2D eigenvalue weighted by Gasteiger charge is 2.38. The zero-order chi connectivity index (χ0) is 12.5. The van der Waals surface area contributed by atoms with Gasteiger partial charge < -0.3 is 5.11 Å². The Bertz CT molecular complexity index is 417. The Kier molecular flexibility index (Phi) is 3.33. The summed E-state index contributed by atoms with van der Waals surface area (Å²) in [4.78, 5) is 12.1. The van der Waals surface area contributed by atoms with Gasteiger partial charge >= 0.3 is 0 Å². The molecule has 0 atom stereocenters. The lowest BCUT2D eigenvalue weighted by atomic mass is 9.93. The van der Waals surface area contributed by atoms with Crippen molar-refractivity contribution in [2.24, 2.45) is 0 Å². The van der Waals surface area contributed by atoms with E-state index in [9.17, 15) is 9.90 Å². The molecule has 1 heterocycles. The van der Waals surface area contributed by atoms with E-state index in [1.165, 1.54) is 0 Å². The summed E-state index contributed by atoms with van der Waals surface area (Å²) in [7, 11) is 0. The molecule has 0 unspecified atom stereocenters. The Morgan fingerprint density at radius 3 is 2.76 bits per heavy atom. The maximum Gasteiger partial charge on any atom is 0.170 e. The Balaban J connectivity index is 2.12. The number of aryl methyl sites for hydroxylation is 2. The number of aromatic nitrogens is 2. The van der Waals surface area contributed by atoms with Gasteiger partial charge in [0.1, 0.15) is 5.60 Å². The van der Waals surface area contributed by atoms with Crippen molar-refractivity contribution in [2.75, 3.05) is 0 Å². The summed E-state index contributed by atoms with van der Waals surface area (Å²) < 4.78 is 1.84. The van der Waals surface area contributed by atoms with Gasteiger partial charge in [0.05, 0.1) is 12.1 Å². The van der Waals surface area contributed by atoms with Crippen LogP contribution in [-0.2, 0) is 17.8 Å². The summed E-state index contributed by atoms with van der Waals surface area (Å²) in [5.41, 5.74) is 0.764. The Morgan fingerprint density at radius 1 is 1.53 bits per heavy atom. The largest absolute Gasteiger partial charge is 0.382 e. The van der Waals surface area contributed by atoms with E-state index >= 15 is 0 Å². The molecule has 0 spiro atoms. The molecular weight excluding hydrogens is 216 g/mol. The number of carbonyl (C=O) groups excluding carboxylic acids is 1. The number of rotatable bonds is 4. The van der Waals surface area contributed by atoms with Crippen LogP contribution < -0.4 is 0 Å². The van der Waals surface area contributed by atoms with Crippen LogP contribution in [0.3, 0.4) is 0 Å². The molecule has 2 rings (SSSR count). The average molecular weight is 236 g/mol. The summed E-state index contributed by atoms with van der Waals surface area (Å²) >= 11 is 0. The number of carbonyl (C=O) groups is 1. The van der Waals surface area contributed by atoms with Crippen molar-refractivity contribution in [3.63, 3.8) is 0 Å².